The fourth-order valence-corrected chi connectivity index (χ4v) is 2.04. The van der Waals surface area contributed by atoms with Gasteiger partial charge in [0.15, 0.2) is 0 Å². The Balaban J connectivity index is 2.60. The highest BCUT2D eigenvalue weighted by Crippen LogP contribution is 2.21. The van der Waals surface area contributed by atoms with Crippen LogP contribution in [0.4, 0.5) is 0 Å². The lowest BCUT2D eigenvalue weighted by molar-refractivity contribution is -0.164. The highest BCUT2D eigenvalue weighted by atomic mass is 16.6. The predicted octanol–water partition coefficient (Wildman–Crippen LogP) is 2.13. The Bertz CT molecular complexity index is 365. The van der Waals surface area contributed by atoms with E-state index in [1.165, 1.54) is 0 Å². The minimum atomic E-state index is -0.531. The Morgan fingerprint density at radius 3 is 2.20 bits per heavy atom. The summed E-state index contributed by atoms with van der Waals surface area (Å²) in [7, 11) is 0. The SMILES string of the molecule is CC(C)(C)OCC(=O)N1CCC[C@H]1C(=O)OC(C)(C)C. The van der Waals surface area contributed by atoms with Crippen LogP contribution < -0.4 is 0 Å². The molecule has 0 saturated carbocycles. The van der Waals surface area contributed by atoms with Gasteiger partial charge in [0.1, 0.15) is 18.2 Å². The second-order valence-corrected chi connectivity index (χ2v) is 7.18. The molecule has 0 aromatic heterocycles. The van der Waals surface area contributed by atoms with Crippen LogP contribution in [0.3, 0.4) is 0 Å². The van der Waals surface area contributed by atoms with E-state index in [1.807, 2.05) is 41.5 Å². The van der Waals surface area contributed by atoms with Gasteiger partial charge in [-0.15, -0.1) is 0 Å². The molecule has 1 aliphatic rings. The number of hydrogen-bond donors (Lipinski definition) is 0. The number of esters is 1. The van der Waals surface area contributed by atoms with Crippen molar-refractivity contribution >= 4 is 11.9 Å². The van der Waals surface area contributed by atoms with Gasteiger partial charge in [-0.1, -0.05) is 0 Å². The summed E-state index contributed by atoms with van der Waals surface area (Å²) >= 11 is 0. The molecule has 1 heterocycles. The van der Waals surface area contributed by atoms with Crippen LogP contribution in [0.2, 0.25) is 0 Å². The van der Waals surface area contributed by atoms with E-state index >= 15 is 0 Å². The highest BCUT2D eigenvalue weighted by Gasteiger charge is 2.37. The van der Waals surface area contributed by atoms with Gasteiger partial charge < -0.3 is 14.4 Å². The van der Waals surface area contributed by atoms with Crippen LogP contribution in [0.25, 0.3) is 0 Å². The molecule has 0 spiro atoms. The normalized spacial score (nSPS) is 20.1. The van der Waals surface area contributed by atoms with Crippen LogP contribution in [-0.2, 0) is 19.1 Å². The molecule has 0 unspecified atom stereocenters. The van der Waals surface area contributed by atoms with Crippen molar-refractivity contribution in [3.8, 4) is 0 Å². The summed E-state index contributed by atoms with van der Waals surface area (Å²) < 4.78 is 10.9. The van der Waals surface area contributed by atoms with Crippen LogP contribution in [0, 0.1) is 0 Å². The first-order valence-corrected chi connectivity index (χ1v) is 7.16. The van der Waals surface area contributed by atoms with E-state index in [0.29, 0.717) is 13.0 Å². The predicted molar refractivity (Wildman–Crippen MR) is 76.3 cm³/mol. The molecular formula is C15H27NO4. The molecule has 0 aromatic carbocycles. The van der Waals surface area contributed by atoms with Gasteiger partial charge in [0, 0.05) is 6.54 Å². The summed E-state index contributed by atoms with van der Waals surface area (Å²) in [6.07, 6.45) is 1.49. The van der Waals surface area contributed by atoms with E-state index in [1.54, 1.807) is 4.90 Å². The summed E-state index contributed by atoms with van der Waals surface area (Å²) in [5.41, 5.74) is -0.896. The molecule has 0 aromatic rings. The third kappa shape index (κ3) is 5.49. The maximum absolute atomic E-state index is 12.2. The first-order valence-electron chi connectivity index (χ1n) is 7.16. The monoisotopic (exact) mass is 285 g/mol. The van der Waals surface area contributed by atoms with Crippen LogP contribution >= 0.6 is 0 Å². The molecule has 1 atom stereocenters. The van der Waals surface area contributed by atoms with Crippen molar-refractivity contribution in [3.63, 3.8) is 0 Å². The molecule has 0 radical (unpaired) electrons. The molecule has 20 heavy (non-hydrogen) atoms. The van der Waals surface area contributed by atoms with E-state index in [0.717, 1.165) is 6.42 Å². The molecule has 0 N–H and O–H groups in total. The van der Waals surface area contributed by atoms with Crippen molar-refractivity contribution in [2.45, 2.75) is 71.6 Å². The maximum Gasteiger partial charge on any atom is 0.329 e. The van der Waals surface area contributed by atoms with Gasteiger partial charge in [-0.3, -0.25) is 4.79 Å². The molecule has 0 aliphatic carbocycles. The van der Waals surface area contributed by atoms with E-state index in [2.05, 4.69) is 0 Å². The number of rotatable bonds is 3. The van der Waals surface area contributed by atoms with Crippen molar-refractivity contribution < 1.29 is 19.1 Å². The second-order valence-electron chi connectivity index (χ2n) is 7.18. The number of likely N-dealkylation sites (tertiary alicyclic amines) is 1. The number of carbonyl (C=O) groups excluding carboxylic acids is 2. The Kier molecular flexibility index (Phi) is 5.19. The lowest BCUT2D eigenvalue weighted by Crippen LogP contribution is -2.45. The van der Waals surface area contributed by atoms with Gasteiger partial charge in [0.05, 0.1) is 5.60 Å². The van der Waals surface area contributed by atoms with Crippen LogP contribution in [0.15, 0.2) is 0 Å². The fraction of sp³-hybridized carbons (Fsp3) is 0.867. The zero-order valence-corrected chi connectivity index (χ0v) is 13.5. The minimum Gasteiger partial charge on any atom is -0.458 e. The molecule has 1 saturated heterocycles. The number of hydrogen-bond acceptors (Lipinski definition) is 4. The molecule has 1 fully saturated rings. The Morgan fingerprint density at radius 2 is 1.70 bits per heavy atom. The summed E-state index contributed by atoms with van der Waals surface area (Å²) in [4.78, 5) is 25.9. The largest absolute Gasteiger partial charge is 0.458 e. The lowest BCUT2D eigenvalue weighted by Gasteiger charge is -2.28. The third-order valence-corrected chi connectivity index (χ3v) is 2.88. The molecule has 1 aliphatic heterocycles. The summed E-state index contributed by atoms with van der Waals surface area (Å²) in [6, 6.07) is -0.467. The molecule has 5 heteroatoms. The summed E-state index contributed by atoms with van der Waals surface area (Å²) in [5.74, 6) is -0.465. The minimum absolute atomic E-state index is 0.00278. The van der Waals surface area contributed by atoms with Crippen LogP contribution in [-0.4, -0.2) is 47.2 Å². The van der Waals surface area contributed by atoms with Crippen LogP contribution in [0.5, 0.6) is 0 Å². The van der Waals surface area contributed by atoms with Crippen molar-refractivity contribution in [2.24, 2.45) is 0 Å². The average molecular weight is 285 g/mol. The number of carbonyl (C=O) groups is 2. The molecule has 116 valence electrons. The Hall–Kier alpha value is -1.10. The van der Waals surface area contributed by atoms with Crippen molar-refractivity contribution in [2.75, 3.05) is 13.2 Å². The van der Waals surface area contributed by atoms with Gasteiger partial charge in [0.25, 0.3) is 0 Å². The Labute approximate surface area is 121 Å². The van der Waals surface area contributed by atoms with Crippen molar-refractivity contribution in [1.82, 2.24) is 4.90 Å². The zero-order valence-electron chi connectivity index (χ0n) is 13.5. The van der Waals surface area contributed by atoms with Gasteiger partial charge >= 0.3 is 5.97 Å². The van der Waals surface area contributed by atoms with E-state index < -0.39 is 11.6 Å². The number of amides is 1. The standard InChI is InChI=1S/C15H27NO4/c1-14(2,3)19-10-12(17)16-9-7-8-11(16)13(18)20-15(4,5)6/h11H,7-10H2,1-6H3/t11-/m0/s1. The summed E-state index contributed by atoms with van der Waals surface area (Å²) in [6.45, 7) is 11.8. The average Bonchev–Trinajstić information content (AvgIpc) is 2.71. The van der Waals surface area contributed by atoms with Crippen molar-refractivity contribution in [1.29, 1.82) is 0 Å². The van der Waals surface area contributed by atoms with E-state index in [9.17, 15) is 9.59 Å². The van der Waals surface area contributed by atoms with Gasteiger partial charge in [-0.2, -0.15) is 0 Å². The topological polar surface area (TPSA) is 55.8 Å². The lowest BCUT2D eigenvalue weighted by atomic mass is 10.1. The highest BCUT2D eigenvalue weighted by molar-refractivity contribution is 5.86. The van der Waals surface area contributed by atoms with E-state index in [4.69, 9.17) is 9.47 Å². The number of nitrogens with zero attached hydrogens (tertiary/aromatic N) is 1. The fourth-order valence-electron chi connectivity index (χ4n) is 2.04. The first kappa shape index (κ1) is 17.0. The van der Waals surface area contributed by atoms with Crippen molar-refractivity contribution in [3.05, 3.63) is 0 Å². The molecule has 1 amide bonds. The second kappa shape index (κ2) is 6.12. The van der Waals surface area contributed by atoms with Gasteiger partial charge in [-0.05, 0) is 54.4 Å². The molecule has 0 bridgehead atoms. The molecule has 5 nitrogen and oxygen atoms in total. The molecular weight excluding hydrogens is 258 g/mol. The Morgan fingerprint density at radius 1 is 1.10 bits per heavy atom. The number of ether oxygens (including phenoxy) is 2. The third-order valence-electron chi connectivity index (χ3n) is 2.88. The zero-order chi connectivity index (χ0) is 15.6. The van der Waals surface area contributed by atoms with Gasteiger partial charge in [-0.25, -0.2) is 4.79 Å². The quantitative estimate of drug-likeness (QED) is 0.745. The van der Waals surface area contributed by atoms with Crippen LogP contribution in [0.1, 0.15) is 54.4 Å². The molecule has 1 rings (SSSR count). The van der Waals surface area contributed by atoms with E-state index in [-0.39, 0.29) is 24.1 Å². The summed E-state index contributed by atoms with van der Waals surface area (Å²) in [5, 5.41) is 0. The van der Waals surface area contributed by atoms with Gasteiger partial charge in [0.2, 0.25) is 5.91 Å². The smallest absolute Gasteiger partial charge is 0.329 e. The maximum atomic E-state index is 12.2. The first-order chi connectivity index (χ1) is 8.99.